The predicted octanol–water partition coefficient (Wildman–Crippen LogP) is 2.72. The summed E-state index contributed by atoms with van der Waals surface area (Å²) >= 11 is 0. The largest absolute Gasteiger partial charge is 0.382 e. The van der Waals surface area contributed by atoms with Crippen molar-refractivity contribution in [3.8, 4) is 0 Å². The van der Waals surface area contributed by atoms with Crippen LogP contribution in [0.1, 0.15) is 40.0 Å². The average molecular weight is 301 g/mol. The summed E-state index contributed by atoms with van der Waals surface area (Å²) in [7, 11) is 1.69. The van der Waals surface area contributed by atoms with Crippen molar-refractivity contribution in [3.63, 3.8) is 0 Å². The number of hydrogen-bond donors (Lipinski definition) is 1. The molecule has 0 aromatic carbocycles. The minimum absolute atomic E-state index is 0.395. The Morgan fingerprint density at radius 3 is 2.24 bits per heavy atom. The van der Waals surface area contributed by atoms with Crippen LogP contribution in [-0.2, 0) is 14.2 Å². The SMILES string of the molecule is COCCOCCOCCC(C)(CNCC(C)C)C1CC1. The van der Waals surface area contributed by atoms with Gasteiger partial charge in [0.2, 0.25) is 0 Å². The summed E-state index contributed by atoms with van der Waals surface area (Å²) in [6, 6.07) is 0. The fourth-order valence-electron chi connectivity index (χ4n) is 2.63. The van der Waals surface area contributed by atoms with E-state index in [1.165, 1.54) is 12.8 Å². The molecule has 1 atom stereocenters. The summed E-state index contributed by atoms with van der Waals surface area (Å²) < 4.78 is 16.0. The van der Waals surface area contributed by atoms with Gasteiger partial charge >= 0.3 is 0 Å². The van der Waals surface area contributed by atoms with Gasteiger partial charge in [-0.15, -0.1) is 0 Å². The number of hydrogen-bond acceptors (Lipinski definition) is 4. The number of rotatable bonds is 14. The van der Waals surface area contributed by atoms with E-state index in [0.29, 0.717) is 37.8 Å². The lowest BCUT2D eigenvalue weighted by Crippen LogP contribution is -2.36. The van der Waals surface area contributed by atoms with Crippen LogP contribution in [0.5, 0.6) is 0 Å². The minimum Gasteiger partial charge on any atom is -0.382 e. The third kappa shape index (κ3) is 8.77. The monoisotopic (exact) mass is 301 g/mol. The normalized spacial score (nSPS) is 18.1. The van der Waals surface area contributed by atoms with E-state index in [9.17, 15) is 0 Å². The third-order valence-electron chi connectivity index (χ3n) is 4.27. The Morgan fingerprint density at radius 2 is 1.67 bits per heavy atom. The predicted molar refractivity (Wildman–Crippen MR) is 86.7 cm³/mol. The lowest BCUT2D eigenvalue weighted by Gasteiger charge is -2.30. The van der Waals surface area contributed by atoms with E-state index >= 15 is 0 Å². The molecular formula is C17H35NO3. The van der Waals surface area contributed by atoms with E-state index < -0.39 is 0 Å². The number of methoxy groups -OCH3 is 1. The van der Waals surface area contributed by atoms with Crippen LogP contribution >= 0.6 is 0 Å². The Bertz CT molecular complexity index is 256. The van der Waals surface area contributed by atoms with Gasteiger partial charge in [-0.05, 0) is 43.1 Å². The molecule has 1 fully saturated rings. The summed E-state index contributed by atoms with van der Waals surface area (Å²) in [5.74, 6) is 1.60. The average Bonchev–Trinajstić information content (AvgIpc) is 3.26. The van der Waals surface area contributed by atoms with Crippen LogP contribution < -0.4 is 5.32 Å². The van der Waals surface area contributed by atoms with Gasteiger partial charge in [0.15, 0.2) is 0 Å². The Morgan fingerprint density at radius 1 is 1.05 bits per heavy atom. The lowest BCUT2D eigenvalue weighted by atomic mass is 9.81. The zero-order chi connectivity index (χ0) is 15.6. The molecule has 1 N–H and O–H groups in total. The van der Waals surface area contributed by atoms with Gasteiger partial charge in [-0.2, -0.15) is 0 Å². The van der Waals surface area contributed by atoms with Crippen LogP contribution in [-0.4, -0.2) is 53.2 Å². The molecule has 1 rings (SSSR count). The fourth-order valence-corrected chi connectivity index (χ4v) is 2.63. The van der Waals surface area contributed by atoms with Crippen molar-refractivity contribution in [1.82, 2.24) is 5.32 Å². The summed E-state index contributed by atoms with van der Waals surface area (Å²) in [5.41, 5.74) is 0.395. The van der Waals surface area contributed by atoms with E-state index in [0.717, 1.165) is 32.0 Å². The highest BCUT2D eigenvalue weighted by Gasteiger charge is 2.40. The van der Waals surface area contributed by atoms with Gasteiger partial charge in [-0.3, -0.25) is 0 Å². The molecule has 0 spiro atoms. The van der Waals surface area contributed by atoms with Gasteiger partial charge in [-0.25, -0.2) is 0 Å². The van der Waals surface area contributed by atoms with Crippen molar-refractivity contribution >= 4 is 0 Å². The van der Waals surface area contributed by atoms with E-state index in [2.05, 4.69) is 26.1 Å². The zero-order valence-electron chi connectivity index (χ0n) is 14.5. The molecule has 0 radical (unpaired) electrons. The molecule has 0 saturated heterocycles. The first-order valence-corrected chi connectivity index (χ1v) is 8.43. The maximum absolute atomic E-state index is 5.72. The maximum atomic E-state index is 5.72. The zero-order valence-corrected chi connectivity index (χ0v) is 14.5. The van der Waals surface area contributed by atoms with Crippen LogP contribution in [0.15, 0.2) is 0 Å². The van der Waals surface area contributed by atoms with Crippen molar-refractivity contribution in [1.29, 1.82) is 0 Å². The molecule has 0 bridgehead atoms. The molecule has 0 amide bonds. The van der Waals surface area contributed by atoms with Crippen molar-refractivity contribution in [2.24, 2.45) is 17.3 Å². The van der Waals surface area contributed by atoms with E-state index in [1.807, 2.05) is 0 Å². The van der Waals surface area contributed by atoms with Crippen molar-refractivity contribution < 1.29 is 14.2 Å². The van der Waals surface area contributed by atoms with Crippen LogP contribution in [0.2, 0.25) is 0 Å². The standard InChI is InChI=1S/C17H35NO3/c1-15(2)13-18-14-17(3,16-5-6-16)7-8-20-11-12-21-10-9-19-4/h15-16,18H,5-14H2,1-4H3. The molecule has 0 aliphatic heterocycles. The first-order chi connectivity index (χ1) is 10.1. The fraction of sp³-hybridized carbons (Fsp3) is 1.00. The minimum atomic E-state index is 0.395. The van der Waals surface area contributed by atoms with Gasteiger partial charge < -0.3 is 19.5 Å². The second kappa shape index (κ2) is 10.5. The molecule has 0 aromatic heterocycles. The third-order valence-corrected chi connectivity index (χ3v) is 4.27. The summed E-state index contributed by atoms with van der Waals surface area (Å²) in [6.07, 6.45) is 3.92. The topological polar surface area (TPSA) is 39.7 Å². The lowest BCUT2D eigenvalue weighted by molar-refractivity contribution is 0.0158. The van der Waals surface area contributed by atoms with Crippen molar-refractivity contribution in [3.05, 3.63) is 0 Å². The second-order valence-electron chi connectivity index (χ2n) is 6.92. The van der Waals surface area contributed by atoms with Crippen molar-refractivity contribution in [2.75, 3.05) is 53.2 Å². The summed E-state index contributed by atoms with van der Waals surface area (Å²) in [6.45, 7) is 12.6. The highest BCUT2D eigenvalue weighted by atomic mass is 16.5. The molecule has 4 heteroatoms. The van der Waals surface area contributed by atoms with Gasteiger partial charge in [0.25, 0.3) is 0 Å². The molecule has 4 nitrogen and oxygen atoms in total. The molecule has 0 heterocycles. The maximum Gasteiger partial charge on any atom is 0.0701 e. The Labute approximate surface area is 130 Å². The van der Waals surface area contributed by atoms with Crippen LogP contribution in [0, 0.1) is 17.3 Å². The van der Waals surface area contributed by atoms with Crippen LogP contribution in [0.3, 0.4) is 0 Å². The molecule has 1 aliphatic rings. The molecule has 126 valence electrons. The van der Waals surface area contributed by atoms with Gasteiger partial charge in [-0.1, -0.05) is 20.8 Å². The van der Waals surface area contributed by atoms with Crippen LogP contribution in [0.4, 0.5) is 0 Å². The number of ether oxygens (including phenoxy) is 3. The molecular weight excluding hydrogens is 266 g/mol. The van der Waals surface area contributed by atoms with Gasteiger partial charge in [0.05, 0.1) is 26.4 Å². The molecule has 0 aromatic rings. The summed E-state index contributed by atoms with van der Waals surface area (Å²) in [4.78, 5) is 0. The highest BCUT2D eigenvalue weighted by Crippen LogP contribution is 2.47. The quantitative estimate of drug-likeness (QED) is 0.501. The second-order valence-corrected chi connectivity index (χ2v) is 6.92. The van der Waals surface area contributed by atoms with Crippen LogP contribution in [0.25, 0.3) is 0 Å². The molecule has 21 heavy (non-hydrogen) atoms. The highest BCUT2D eigenvalue weighted by molar-refractivity contribution is 4.92. The smallest absolute Gasteiger partial charge is 0.0701 e. The first-order valence-electron chi connectivity index (χ1n) is 8.43. The summed E-state index contributed by atoms with van der Waals surface area (Å²) in [5, 5.41) is 3.63. The molecule has 1 aliphatic carbocycles. The first kappa shape index (κ1) is 18.9. The van der Waals surface area contributed by atoms with Gasteiger partial charge in [0, 0.05) is 20.3 Å². The van der Waals surface area contributed by atoms with Gasteiger partial charge in [0.1, 0.15) is 0 Å². The Balaban J connectivity index is 2.07. The molecule has 1 saturated carbocycles. The van der Waals surface area contributed by atoms with E-state index in [1.54, 1.807) is 7.11 Å². The Hall–Kier alpha value is -0.160. The van der Waals surface area contributed by atoms with E-state index in [-0.39, 0.29) is 0 Å². The Kier molecular flexibility index (Phi) is 9.49. The number of nitrogens with one attached hydrogen (secondary N) is 1. The molecule has 1 unspecified atom stereocenters. The van der Waals surface area contributed by atoms with E-state index in [4.69, 9.17) is 14.2 Å². The van der Waals surface area contributed by atoms with Crippen molar-refractivity contribution in [2.45, 2.75) is 40.0 Å².